The number of nitrogens with one attached hydrogen (secondary N) is 1. The van der Waals surface area contributed by atoms with E-state index in [9.17, 15) is 23.2 Å². The van der Waals surface area contributed by atoms with Crippen LogP contribution in [0, 0.1) is 35.3 Å². The van der Waals surface area contributed by atoms with E-state index in [0.29, 0.717) is 48.6 Å². The molecule has 0 aliphatic carbocycles. The first-order valence-corrected chi connectivity index (χ1v) is 19.3. The number of esters is 1. The van der Waals surface area contributed by atoms with E-state index in [4.69, 9.17) is 9.72 Å². The molecule has 2 aromatic heterocycles. The summed E-state index contributed by atoms with van der Waals surface area (Å²) >= 11 is 0. The van der Waals surface area contributed by atoms with Gasteiger partial charge in [0.15, 0.2) is 5.82 Å². The summed E-state index contributed by atoms with van der Waals surface area (Å²) in [5.41, 5.74) is 2.76. The fourth-order valence-electron chi connectivity index (χ4n) is 8.14. The van der Waals surface area contributed by atoms with Crippen LogP contribution < -0.4 is 0 Å². The molecule has 2 aliphatic heterocycles. The lowest BCUT2D eigenvalue weighted by Gasteiger charge is -2.31. The Kier molecular flexibility index (Phi) is 11.0. The van der Waals surface area contributed by atoms with Gasteiger partial charge >= 0.3 is 5.97 Å². The molecule has 2 aliphatic rings. The molecule has 0 radical (unpaired) electrons. The minimum absolute atomic E-state index is 0.00577. The zero-order valence-corrected chi connectivity index (χ0v) is 32.5. The quantitative estimate of drug-likeness (QED) is 0.157. The van der Waals surface area contributed by atoms with E-state index in [1.807, 2.05) is 51.3 Å². The Bertz CT molecular complexity index is 1990. The van der Waals surface area contributed by atoms with Gasteiger partial charge in [0.1, 0.15) is 17.2 Å². The number of likely N-dealkylation sites (tertiary alicyclic amines) is 2. The molecule has 0 saturated carbocycles. The minimum atomic E-state index is -0.649. The summed E-state index contributed by atoms with van der Waals surface area (Å²) in [5, 5.41) is 0.822. The Morgan fingerprint density at radius 3 is 2.19 bits per heavy atom. The maximum Gasteiger partial charge on any atom is 0.307 e. The number of amides is 2. The number of fused-ring (bicyclic) bond motifs is 2. The number of aromatic nitrogens is 3. The van der Waals surface area contributed by atoms with Crippen molar-refractivity contribution in [3.63, 3.8) is 0 Å². The number of rotatable bonds is 11. The number of imidazole rings is 1. The molecule has 4 heterocycles. The number of hydrogen-bond donors (Lipinski definition) is 1. The summed E-state index contributed by atoms with van der Waals surface area (Å²) in [4.78, 5) is 53.2. The summed E-state index contributed by atoms with van der Waals surface area (Å²) in [6.45, 7) is 17.2. The molecule has 0 spiro atoms. The Morgan fingerprint density at radius 1 is 0.887 bits per heavy atom. The second-order valence-electron chi connectivity index (χ2n) is 16.9. The minimum Gasteiger partial charge on any atom is -0.460 e. The summed E-state index contributed by atoms with van der Waals surface area (Å²) in [5.74, 6) is -1.04. The molecule has 286 valence electrons. The van der Waals surface area contributed by atoms with Crippen molar-refractivity contribution in [1.82, 2.24) is 24.3 Å². The summed E-state index contributed by atoms with van der Waals surface area (Å²) in [7, 11) is 0. The molecular formula is C42H55F2N5O4. The van der Waals surface area contributed by atoms with Crippen molar-refractivity contribution in [1.29, 1.82) is 0 Å². The van der Waals surface area contributed by atoms with E-state index >= 15 is 0 Å². The van der Waals surface area contributed by atoms with E-state index in [1.165, 1.54) is 24.3 Å². The molecule has 2 fully saturated rings. The van der Waals surface area contributed by atoms with Crippen LogP contribution in [0.4, 0.5) is 8.78 Å². The molecule has 1 N–H and O–H groups in total. The fraction of sp³-hybridized carbons (Fsp3) is 0.571. The average molecular weight is 732 g/mol. The molecule has 9 nitrogen and oxygen atoms in total. The Hall–Kier alpha value is -4.28. The number of ether oxygens (including phenoxy) is 1. The molecule has 4 atom stereocenters. The lowest BCUT2D eigenvalue weighted by atomic mass is 9.90. The van der Waals surface area contributed by atoms with Gasteiger partial charge in [-0.25, -0.2) is 13.8 Å². The Labute approximate surface area is 311 Å². The zero-order chi connectivity index (χ0) is 38.4. The monoisotopic (exact) mass is 731 g/mol. The largest absolute Gasteiger partial charge is 0.460 e. The van der Waals surface area contributed by atoms with E-state index < -0.39 is 23.3 Å². The third-order valence-corrected chi connectivity index (χ3v) is 11.3. The van der Waals surface area contributed by atoms with Crippen LogP contribution in [0.25, 0.3) is 33.5 Å². The van der Waals surface area contributed by atoms with Gasteiger partial charge in [-0.2, -0.15) is 0 Å². The number of carbonyl (C=O) groups excluding carboxylic acids is 3. The highest BCUT2D eigenvalue weighted by Gasteiger charge is 2.38. The van der Waals surface area contributed by atoms with Crippen molar-refractivity contribution in [2.24, 2.45) is 23.7 Å². The van der Waals surface area contributed by atoms with E-state index in [1.54, 1.807) is 12.1 Å². The zero-order valence-electron chi connectivity index (χ0n) is 32.5. The molecule has 0 bridgehead atoms. The lowest BCUT2D eigenvalue weighted by Crippen LogP contribution is -2.43. The number of H-pyrrole nitrogens is 1. The Morgan fingerprint density at radius 2 is 1.53 bits per heavy atom. The van der Waals surface area contributed by atoms with E-state index in [0.717, 1.165) is 42.1 Å². The summed E-state index contributed by atoms with van der Waals surface area (Å²) < 4.78 is 37.0. The maximum atomic E-state index is 14.7. The molecule has 4 aromatic rings. The second kappa shape index (κ2) is 15.2. The molecule has 2 amide bonds. The predicted molar refractivity (Wildman–Crippen MR) is 203 cm³/mol. The molecule has 6 rings (SSSR count). The van der Waals surface area contributed by atoms with Gasteiger partial charge in [0, 0.05) is 54.6 Å². The Balaban J connectivity index is 1.39. The smallest absolute Gasteiger partial charge is 0.307 e. The fourth-order valence-corrected chi connectivity index (χ4v) is 8.14. The van der Waals surface area contributed by atoms with Crippen molar-refractivity contribution in [3.05, 3.63) is 53.6 Å². The highest BCUT2D eigenvalue weighted by molar-refractivity contribution is 5.92. The third kappa shape index (κ3) is 8.14. The van der Waals surface area contributed by atoms with Gasteiger partial charge in [-0.05, 0) is 101 Å². The molecular weight excluding hydrogens is 676 g/mol. The highest BCUT2D eigenvalue weighted by Crippen LogP contribution is 2.37. The number of carbonyl (C=O) groups is 3. The lowest BCUT2D eigenvalue weighted by molar-refractivity contribution is -0.159. The maximum absolute atomic E-state index is 14.7. The van der Waals surface area contributed by atoms with Crippen LogP contribution in [0.3, 0.4) is 0 Å². The van der Waals surface area contributed by atoms with Gasteiger partial charge in [-0.15, -0.1) is 0 Å². The van der Waals surface area contributed by atoms with Gasteiger partial charge in [0.05, 0.1) is 29.1 Å². The molecule has 0 unspecified atom stereocenters. The number of nitrogens with zero attached hydrogens (tertiary/aromatic N) is 4. The topological polar surface area (TPSA) is 101 Å². The normalized spacial score (nSPS) is 19.2. The van der Waals surface area contributed by atoms with Crippen LogP contribution in [-0.2, 0) is 32.1 Å². The van der Waals surface area contributed by atoms with Crippen LogP contribution >= 0.6 is 0 Å². The standard InChI is InChI=1S/C42H55F2N5O4/c1-24(2)26(5)40(51)48-18-10-12-30(48)23-49-36-16-14-28(44)20-35(36)46-39(49)38-33(31-15-13-27(43)19-34(31)45-38)21-29-11-9-17-47(29)41(52)32(25(3)4)22-37(50)53-42(6,7)8/h13-16,19-20,24-26,29-30,32,45H,9-12,17-18,21-23H2,1-8H3/t26-,29-,30-,32-/m0/s1. The van der Waals surface area contributed by atoms with Crippen LogP contribution in [0.15, 0.2) is 36.4 Å². The molecule has 11 heteroatoms. The first kappa shape index (κ1) is 38.4. The van der Waals surface area contributed by atoms with Crippen LogP contribution in [0.1, 0.15) is 93.1 Å². The SMILES string of the molecule is CC(C)[C@H](C)C(=O)N1CCC[C@H]1Cn1c(-c2[nH]c3cc(F)ccc3c2C[C@@H]2CCCN2C(=O)[C@@H](CC(=O)OC(C)(C)C)C(C)C)nc2cc(F)ccc21. The average Bonchev–Trinajstić information content (AvgIpc) is 3.88. The van der Waals surface area contributed by atoms with Crippen LogP contribution in [0.5, 0.6) is 0 Å². The van der Waals surface area contributed by atoms with Gasteiger partial charge in [-0.3, -0.25) is 14.4 Å². The van der Waals surface area contributed by atoms with Crippen molar-refractivity contribution in [2.75, 3.05) is 13.1 Å². The summed E-state index contributed by atoms with van der Waals surface area (Å²) in [6, 6.07) is 9.00. The molecule has 53 heavy (non-hydrogen) atoms. The van der Waals surface area contributed by atoms with E-state index in [2.05, 4.69) is 23.4 Å². The van der Waals surface area contributed by atoms with Crippen molar-refractivity contribution in [2.45, 2.75) is 118 Å². The number of hydrogen-bond acceptors (Lipinski definition) is 5. The number of halogens is 2. The van der Waals surface area contributed by atoms with Crippen LogP contribution in [-0.4, -0.2) is 72.9 Å². The van der Waals surface area contributed by atoms with Gasteiger partial charge < -0.3 is 24.1 Å². The summed E-state index contributed by atoms with van der Waals surface area (Å²) in [6.07, 6.45) is 3.79. The van der Waals surface area contributed by atoms with Gasteiger partial charge in [0.2, 0.25) is 11.8 Å². The first-order valence-electron chi connectivity index (χ1n) is 19.3. The third-order valence-electron chi connectivity index (χ3n) is 11.3. The molecule has 2 aromatic carbocycles. The highest BCUT2D eigenvalue weighted by atomic mass is 19.1. The number of benzene rings is 2. The van der Waals surface area contributed by atoms with Gasteiger partial charge in [-0.1, -0.05) is 34.6 Å². The predicted octanol–water partition coefficient (Wildman–Crippen LogP) is 8.28. The van der Waals surface area contributed by atoms with Crippen LogP contribution in [0.2, 0.25) is 0 Å². The van der Waals surface area contributed by atoms with E-state index in [-0.39, 0.29) is 53.9 Å². The van der Waals surface area contributed by atoms with Crippen molar-refractivity contribution >= 4 is 39.7 Å². The van der Waals surface area contributed by atoms with Crippen molar-refractivity contribution < 1.29 is 27.9 Å². The van der Waals surface area contributed by atoms with Gasteiger partial charge in [0.25, 0.3) is 0 Å². The number of aromatic amines is 1. The first-order chi connectivity index (χ1) is 25.0. The van der Waals surface area contributed by atoms with Crippen molar-refractivity contribution in [3.8, 4) is 11.5 Å². The molecule has 2 saturated heterocycles. The second-order valence-corrected chi connectivity index (χ2v) is 16.9.